The van der Waals surface area contributed by atoms with Crippen molar-refractivity contribution in [1.82, 2.24) is 0 Å². The molecule has 0 saturated carbocycles. The first-order valence-electron chi connectivity index (χ1n) is 0. The second kappa shape index (κ2) is 17.0. The molecule has 0 nitrogen and oxygen atoms in total. The summed E-state index contributed by atoms with van der Waals surface area (Å²) in [7, 11) is 0. The van der Waals surface area contributed by atoms with Gasteiger partial charge in [-0.1, -0.05) is 0 Å². The Morgan fingerprint density at radius 3 is 1.00 bits per heavy atom. The minimum Gasteiger partial charge on any atom is 0 e. The van der Waals surface area contributed by atoms with E-state index in [2.05, 4.69) is 0 Å². The molecule has 24 valence electrons. The first kappa shape index (κ1) is 29.0. The maximum atomic E-state index is 0. The summed E-state index contributed by atoms with van der Waals surface area (Å²) in [5, 5.41) is 0. The van der Waals surface area contributed by atoms with E-state index in [4.69, 9.17) is 0 Å². The quantitative estimate of drug-likeness (QED) is 0.491. The summed E-state index contributed by atoms with van der Waals surface area (Å²) >= 11 is 0. The van der Waals surface area contributed by atoms with Crippen LogP contribution in [0.2, 0.25) is 0 Å². The third-order valence-corrected chi connectivity index (χ3v) is 0. The summed E-state index contributed by atoms with van der Waals surface area (Å²) < 4.78 is 0. The Kier molecular flexibility index (Phi) is 123. The predicted octanol–water partition coefficient (Wildman–Crippen LogP) is -0.924. The second-order valence-corrected chi connectivity index (χ2v) is 0. The molecular weight excluding hydrogens is 358 g/mol. The fraction of sp³-hybridized carbons (Fsp3) is 0. The molecule has 0 bridgehead atoms. The van der Waals surface area contributed by atoms with Crippen LogP contribution in [0.15, 0.2) is 0 Å². The molecule has 0 heterocycles. The van der Waals surface area contributed by atoms with Crippen molar-refractivity contribution in [3.05, 3.63) is 0 Å². The number of hydrogen-bond acceptors (Lipinski definition) is 0. The molecule has 0 aliphatic rings. The van der Waals surface area contributed by atoms with Crippen LogP contribution in [-0.4, -0.2) is 23.1 Å². The first-order chi connectivity index (χ1) is 0. The van der Waals surface area contributed by atoms with Crippen LogP contribution in [-0.2, 0) is 63.8 Å². The van der Waals surface area contributed by atoms with Crippen LogP contribution in [0.5, 0.6) is 0 Å². The van der Waals surface area contributed by atoms with Crippen molar-refractivity contribution in [3.8, 4) is 0 Å². The topological polar surface area (TPSA) is 0 Å². The molecule has 0 radical (unpaired) electrons. The van der Waals surface area contributed by atoms with E-state index in [-0.39, 0.29) is 86.8 Å². The van der Waals surface area contributed by atoms with Crippen molar-refractivity contribution in [2.75, 3.05) is 0 Å². The van der Waals surface area contributed by atoms with E-state index in [1.165, 1.54) is 0 Å². The fourth-order valence-electron chi connectivity index (χ4n) is 0. The van der Waals surface area contributed by atoms with Crippen molar-refractivity contribution in [2.45, 2.75) is 0 Å². The molecule has 0 atom stereocenters. The van der Waals surface area contributed by atoms with E-state index in [9.17, 15) is 0 Å². The van der Waals surface area contributed by atoms with Gasteiger partial charge in [-0.2, -0.15) is 0 Å². The molecular formula is H2MgNiWZr. The molecule has 0 aromatic rings. The molecule has 0 amide bonds. The molecule has 0 saturated heterocycles. The van der Waals surface area contributed by atoms with Gasteiger partial charge in [-0.15, -0.1) is 0 Å². The predicted molar refractivity (Wildman–Crippen MR) is 8.54 cm³/mol. The Labute approximate surface area is 85.3 Å². The smallest absolute Gasteiger partial charge is 0 e. The summed E-state index contributed by atoms with van der Waals surface area (Å²) in [4.78, 5) is 0. The zero-order valence-electron chi connectivity index (χ0n) is 1.22. The van der Waals surface area contributed by atoms with Gasteiger partial charge in [0.1, 0.15) is 0 Å². The Hall–Kier alpha value is 2.83. The molecule has 0 aromatic heterocycles. The van der Waals surface area contributed by atoms with E-state index in [0.29, 0.717) is 0 Å². The van der Waals surface area contributed by atoms with E-state index >= 15 is 0 Å². The summed E-state index contributed by atoms with van der Waals surface area (Å²) in [5.41, 5.74) is 0. The van der Waals surface area contributed by atoms with E-state index in [0.717, 1.165) is 0 Å². The maximum Gasteiger partial charge on any atom is 0.316 e. The fourth-order valence-corrected chi connectivity index (χ4v) is 0. The van der Waals surface area contributed by atoms with Gasteiger partial charge >= 0.3 is 23.1 Å². The maximum absolute atomic E-state index is 0. The zero-order valence-corrected chi connectivity index (χ0v) is 7.60. The number of rotatable bonds is 0. The molecule has 0 unspecified atom stereocenters. The van der Waals surface area contributed by atoms with Gasteiger partial charge in [0, 0.05) is 63.8 Å². The Morgan fingerprint density at radius 1 is 1.00 bits per heavy atom. The van der Waals surface area contributed by atoms with Gasteiger partial charge in [0.05, 0.1) is 0 Å². The number of hydrogen-bond donors (Lipinski definition) is 0. The SMILES string of the molecule is [MgH2].[Ni].[W].[Zr]. The molecule has 0 aliphatic heterocycles. The minimum absolute atomic E-state index is 0. The van der Waals surface area contributed by atoms with Gasteiger partial charge in [0.2, 0.25) is 0 Å². The Bertz CT molecular complexity index is 8.00. The molecule has 4 heavy (non-hydrogen) atoms. The van der Waals surface area contributed by atoms with Crippen molar-refractivity contribution >= 4 is 23.1 Å². The third-order valence-electron chi connectivity index (χ3n) is 0. The van der Waals surface area contributed by atoms with Crippen molar-refractivity contribution in [1.29, 1.82) is 0 Å². The Balaban J connectivity index is 0. The van der Waals surface area contributed by atoms with Gasteiger partial charge in [-0.25, -0.2) is 0 Å². The summed E-state index contributed by atoms with van der Waals surface area (Å²) in [6.45, 7) is 0. The normalized spacial score (nSPS) is 0. The van der Waals surface area contributed by atoms with Crippen molar-refractivity contribution < 1.29 is 63.8 Å². The molecule has 0 aliphatic carbocycles. The summed E-state index contributed by atoms with van der Waals surface area (Å²) in [5.74, 6) is 0. The van der Waals surface area contributed by atoms with Gasteiger partial charge in [0.15, 0.2) is 0 Å². The van der Waals surface area contributed by atoms with Crippen LogP contribution < -0.4 is 0 Å². The zero-order chi connectivity index (χ0) is 0. The monoisotopic (exact) mass is 358 g/mol. The van der Waals surface area contributed by atoms with Crippen LogP contribution in [0, 0.1) is 0 Å². The summed E-state index contributed by atoms with van der Waals surface area (Å²) in [6, 6.07) is 0. The van der Waals surface area contributed by atoms with E-state index in [1.54, 1.807) is 0 Å². The molecule has 0 spiro atoms. The first-order valence-corrected chi connectivity index (χ1v) is 0. The van der Waals surface area contributed by atoms with Gasteiger partial charge in [0.25, 0.3) is 0 Å². The molecule has 0 aromatic carbocycles. The van der Waals surface area contributed by atoms with Crippen LogP contribution in [0.25, 0.3) is 0 Å². The van der Waals surface area contributed by atoms with Crippen molar-refractivity contribution in [2.24, 2.45) is 0 Å². The third kappa shape index (κ3) is 8.85. The summed E-state index contributed by atoms with van der Waals surface area (Å²) in [6.07, 6.45) is 0. The van der Waals surface area contributed by atoms with Crippen LogP contribution >= 0.6 is 0 Å². The minimum atomic E-state index is 0. The van der Waals surface area contributed by atoms with E-state index < -0.39 is 0 Å². The largest absolute Gasteiger partial charge is 0.316 e. The van der Waals surface area contributed by atoms with Crippen LogP contribution in [0.3, 0.4) is 0 Å². The van der Waals surface area contributed by atoms with Gasteiger partial charge < -0.3 is 0 Å². The van der Waals surface area contributed by atoms with Gasteiger partial charge in [-0.05, 0) is 0 Å². The average molecular weight is 360 g/mol. The molecule has 4 heteroatoms. The Morgan fingerprint density at radius 2 is 1.00 bits per heavy atom. The van der Waals surface area contributed by atoms with Crippen molar-refractivity contribution in [3.63, 3.8) is 0 Å². The molecule has 0 fully saturated rings. The van der Waals surface area contributed by atoms with Gasteiger partial charge in [-0.3, -0.25) is 0 Å². The second-order valence-electron chi connectivity index (χ2n) is 0. The standard InChI is InChI=1S/Mg.Ni.W.Zr.2H. The van der Waals surface area contributed by atoms with Crippen LogP contribution in [0.4, 0.5) is 0 Å². The van der Waals surface area contributed by atoms with Crippen LogP contribution in [0.1, 0.15) is 0 Å². The molecule has 0 N–H and O–H groups in total. The molecule has 0 rings (SSSR count). The van der Waals surface area contributed by atoms with E-state index in [1.807, 2.05) is 0 Å². The average Bonchev–Trinajstić information content (AvgIpc) is 0.